The van der Waals surface area contributed by atoms with Crippen LogP contribution in [0.1, 0.15) is 38.6 Å². The summed E-state index contributed by atoms with van der Waals surface area (Å²) in [5.74, 6) is 0. The molecule has 0 aliphatic rings. The summed E-state index contributed by atoms with van der Waals surface area (Å²) in [4.78, 5) is 27.7. The second-order valence-corrected chi connectivity index (χ2v) is 7.52. The fourth-order valence-electron chi connectivity index (χ4n) is 3.64. The van der Waals surface area contributed by atoms with Crippen molar-refractivity contribution in [1.29, 1.82) is 0 Å². The van der Waals surface area contributed by atoms with Gasteiger partial charge in [-0.3, -0.25) is 14.1 Å². The van der Waals surface area contributed by atoms with Gasteiger partial charge in [0, 0.05) is 30.2 Å². The molecule has 0 fully saturated rings. The molecule has 1 aromatic carbocycles. The van der Waals surface area contributed by atoms with Crippen molar-refractivity contribution in [2.75, 3.05) is 6.61 Å². The van der Waals surface area contributed by atoms with Gasteiger partial charge in [-0.15, -0.1) is 10.2 Å². The number of hydrogen-bond acceptors (Lipinski definition) is 6. The number of aldehydes is 1. The Hall–Kier alpha value is -3.39. The van der Waals surface area contributed by atoms with Gasteiger partial charge in [0.15, 0.2) is 5.65 Å². The molecule has 0 spiro atoms. The molecule has 0 unspecified atom stereocenters. The molecule has 0 saturated heterocycles. The van der Waals surface area contributed by atoms with Gasteiger partial charge in [0.25, 0.3) is 0 Å². The zero-order chi connectivity index (χ0) is 21.4. The molecule has 0 saturated carbocycles. The van der Waals surface area contributed by atoms with Crippen LogP contribution in [0.5, 0.6) is 0 Å². The van der Waals surface area contributed by atoms with Gasteiger partial charge in [0.1, 0.15) is 18.4 Å². The van der Waals surface area contributed by atoms with E-state index in [9.17, 15) is 9.59 Å². The molecular weight excluding hydrogens is 382 g/mol. The Kier molecular flexibility index (Phi) is 5.17. The number of imidazole rings is 1. The van der Waals surface area contributed by atoms with Crippen molar-refractivity contribution < 1.29 is 9.53 Å². The minimum absolute atomic E-state index is 0.00828. The van der Waals surface area contributed by atoms with E-state index in [2.05, 4.69) is 15.2 Å². The van der Waals surface area contributed by atoms with E-state index < -0.39 is 0 Å². The van der Waals surface area contributed by atoms with Crippen molar-refractivity contribution in [3.05, 3.63) is 52.7 Å². The second-order valence-electron chi connectivity index (χ2n) is 7.52. The monoisotopic (exact) mass is 405 g/mol. The Labute approximate surface area is 173 Å². The van der Waals surface area contributed by atoms with E-state index in [0.717, 1.165) is 39.5 Å². The summed E-state index contributed by atoms with van der Waals surface area (Å²) in [6.45, 7) is 5.86. The molecule has 0 N–H and O–H groups in total. The first-order valence-corrected chi connectivity index (χ1v) is 9.81. The van der Waals surface area contributed by atoms with Crippen LogP contribution >= 0.6 is 0 Å². The molecule has 0 bridgehead atoms. The molecule has 4 aromatic rings. The van der Waals surface area contributed by atoms with Gasteiger partial charge >= 0.3 is 5.69 Å². The van der Waals surface area contributed by atoms with Gasteiger partial charge in [-0.2, -0.15) is 0 Å². The summed E-state index contributed by atoms with van der Waals surface area (Å²) in [7, 11) is 1.71. The predicted octanol–water partition coefficient (Wildman–Crippen LogP) is 3.20. The van der Waals surface area contributed by atoms with E-state index in [1.807, 2.05) is 51.1 Å². The highest BCUT2D eigenvalue weighted by Gasteiger charge is 2.18. The van der Waals surface area contributed by atoms with Gasteiger partial charge in [-0.05, 0) is 44.5 Å². The molecule has 154 valence electrons. The molecule has 8 heteroatoms. The topological polar surface area (TPSA) is 91.9 Å². The molecule has 8 nitrogen and oxygen atoms in total. The second kappa shape index (κ2) is 7.79. The number of rotatable bonds is 6. The Balaban J connectivity index is 1.83. The van der Waals surface area contributed by atoms with E-state index in [4.69, 9.17) is 4.74 Å². The first kappa shape index (κ1) is 19.9. The summed E-state index contributed by atoms with van der Waals surface area (Å²) < 4.78 is 8.68. The Morgan fingerprint density at radius 1 is 1.10 bits per heavy atom. The molecule has 3 aromatic heterocycles. The summed E-state index contributed by atoms with van der Waals surface area (Å²) in [5.41, 5.74) is 4.62. The van der Waals surface area contributed by atoms with Gasteiger partial charge in [-0.25, -0.2) is 4.79 Å². The average Bonchev–Trinajstić information content (AvgIpc) is 3.02. The molecule has 3 heterocycles. The fraction of sp³-hybridized carbons (Fsp3) is 0.318. The van der Waals surface area contributed by atoms with Crippen LogP contribution in [-0.4, -0.2) is 37.2 Å². The van der Waals surface area contributed by atoms with Crippen molar-refractivity contribution in [3.8, 4) is 11.1 Å². The molecule has 0 amide bonds. The van der Waals surface area contributed by atoms with Crippen LogP contribution in [-0.2, 0) is 16.6 Å². The van der Waals surface area contributed by atoms with Gasteiger partial charge < -0.3 is 9.53 Å². The predicted molar refractivity (Wildman–Crippen MR) is 114 cm³/mol. The normalized spacial score (nSPS) is 12.7. The maximum Gasteiger partial charge on any atom is 0.330 e. The quantitative estimate of drug-likeness (QED) is 0.458. The molecule has 4 rings (SSSR count). The molecule has 0 aliphatic carbocycles. The Morgan fingerprint density at radius 2 is 1.87 bits per heavy atom. The number of ether oxygens (including phenoxy) is 1. The maximum absolute atomic E-state index is 12.7. The third kappa shape index (κ3) is 3.29. The van der Waals surface area contributed by atoms with E-state index in [-0.39, 0.29) is 24.4 Å². The first-order valence-electron chi connectivity index (χ1n) is 9.81. The number of pyridine rings is 1. The summed E-state index contributed by atoms with van der Waals surface area (Å²) in [6, 6.07) is 9.74. The molecule has 30 heavy (non-hydrogen) atoms. The first-order chi connectivity index (χ1) is 14.4. The number of carbonyl (C=O) groups is 1. The lowest BCUT2D eigenvalue weighted by Gasteiger charge is -2.12. The van der Waals surface area contributed by atoms with Crippen LogP contribution < -0.4 is 5.69 Å². The van der Waals surface area contributed by atoms with E-state index in [0.29, 0.717) is 5.65 Å². The lowest BCUT2D eigenvalue weighted by Crippen LogP contribution is -2.23. The Bertz CT molecular complexity index is 1290. The fourth-order valence-corrected chi connectivity index (χ4v) is 3.64. The SMILES string of the molecule is CC(C)n1c(=O)n(C)c2nnc3ccc(-c4ccc([C@@H](C)OCC=O)nc4)cc3c21. The van der Waals surface area contributed by atoms with E-state index in [1.54, 1.807) is 17.8 Å². The Morgan fingerprint density at radius 3 is 2.53 bits per heavy atom. The number of aryl methyl sites for hydroxylation is 1. The van der Waals surface area contributed by atoms with Crippen molar-refractivity contribution in [3.63, 3.8) is 0 Å². The highest BCUT2D eigenvalue weighted by atomic mass is 16.5. The lowest BCUT2D eigenvalue weighted by atomic mass is 10.0. The number of fused-ring (bicyclic) bond motifs is 3. The van der Waals surface area contributed by atoms with Crippen molar-refractivity contribution in [1.82, 2.24) is 24.3 Å². The zero-order valence-electron chi connectivity index (χ0n) is 17.4. The van der Waals surface area contributed by atoms with Crippen LogP contribution in [0.4, 0.5) is 0 Å². The smallest absolute Gasteiger partial charge is 0.330 e. The van der Waals surface area contributed by atoms with E-state index in [1.165, 1.54) is 4.57 Å². The number of hydrogen-bond donors (Lipinski definition) is 0. The molecule has 0 aliphatic heterocycles. The van der Waals surface area contributed by atoms with Crippen LogP contribution in [0.25, 0.3) is 33.2 Å². The summed E-state index contributed by atoms with van der Waals surface area (Å²) in [6.07, 6.45) is 2.24. The standard InChI is InChI=1S/C22H23N5O3/c1-13(2)27-20-17-11-15(5-8-19(17)24-25-21(20)26(4)22(27)29)16-6-7-18(23-12-16)14(3)30-10-9-28/h5-9,11-14H,10H2,1-4H3/t14-/m1/s1. The largest absolute Gasteiger partial charge is 0.365 e. The van der Waals surface area contributed by atoms with E-state index >= 15 is 0 Å². The van der Waals surface area contributed by atoms with Crippen molar-refractivity contribution >= 4 is 28.4 Å². The van der Waals surface area contributed by atoms with Crippen LogP contribution in [0, 0.1) is 0 Å². The molecular formula is C22H23N5O3. The molecule has 1 atom stereocenters. The summed E-state index contributed by atoms with van der Waals surface area (Å²) in [5, 5.41) is 9.44. The van der Waals surface area contributed by atoms with Crippen LogP contribution in [0.2, 0.25) is 0 Å². The third-order valence-electron chi connectivity index (χ3n) is 5.23. The number of carbonyl (C=O) groups excluding carboxylic acids is 1. The van der Waals surface area contributed by atoms with Gasteiger partial charge in [0.2, 0.25) is 0 Å². The average molecular weight is 405 g/mol. The van der Waals surface area contributed by atoms with Crippen LogP contribution in [0.3, 0.4) is 0 Å². The van der Waals surface area contributed by atoms with Crippen molar-refractivity contribution in [2.24, 2.45) is 7.05 Å². The third-order valence-corrected chi connectivity index (χ3v) is 5.23. The number of nitrogens with zero attached hydrogens (tertiary/aromatic N) is 5. The van der Waals surface area contributed by atoms with Crippen LogP contribution in [0.15, 0.2) is 41.3 Å². The molecule has 0 radical (unpaired) electrons. The lowest BCUT2D eigenvalue weighted by molar-refractivity contribution is -0.113. The van der Waals surface area contributed by atoms with Crippen molar-refractivity contribution in [2.45, 2.75) is 32.9 Å². The summed E-state index contributed by atoms with van der Waals surface area (Å²) >= 11 is 0. The maximum atomic E-state index is 12.7. The number of benzene rings is 1. The zero-order valence-corrected chi connectivity index (χ0v) is 17.4. The van der Waals surface area contributed by atoms with Gasteiger partial charge in [-0.1, -0.05) is 12.1 Å². The number of aromatic nitrogens is 5. The highest BCUT2D eigenvalue weighted by Crippen LogP contribution is 2.29. The van der Waals surface area contributed by atoms with Gasteiger partial charge in [0.05, 0.1) is 17.3 Å². The minimum atomic E-state index is -0.263. The highest BCUT2D eigenvalue weighted by molar-refractivity contribution is 6.02. The minimum Gasteiger partial charge on any atom is -0.365 e.